The van der Waals surface area contributed by atoms with Crippen molar-refractivity contribution in [2.24, 2.45) is 0 Å². The number of hydrogen-bond donors (Lipinski definition) is 2. The van der Waals surface area contributed by atoms with Gasteiger partial charge in [0.15, 0.2) is 0 Å². The number of nitrogens with one attached hydrogen (secondary N) is 2. The average Bonchev–Trinajstić information content (AvgIpc) is 2.51. The molecule has 1 aliphatic rings. The summed E-state index contributed by atoms with van der Waals surface area (Å²) in [6.07, 6.45) is 7.61. The van der Waals surface area contributed by atoms with Crippen LogP contribution in [0.4, 0.5) is 0 Å². The predicted octanol–water partition coefficient (Wildman–Crippen LogP) is -1.04. The first-order valence-electron chi connectivity index (χ1n) is 7.35. The minimum atomic E-state index is 1.11. The third-order valence-corrected chi connectivity index (χ3v) is 4.04. The van der Waals surface area contributed by atoms with Gasteiger partial charge in [-0.1, -0.05) is 6.07 Å². The Labute approximate surface area is 120 Å². The van der Waals surface area contributed by atoms with Gasteiger partial charge in [0.2, 0.25) is 0 Å². The van der Waals surface area contributed by atoms with Crippen molar-refractivity contribution in [2.75, 3.05) is 26.2 Å². The molecule has 3 rings (SSSR count). The fraction of sp³-hybridized carbons (Fsp3) is 0.375. The predicted molar refractivity (Wildman–Crippen MR) is 77.3 cm³/mol. The lowest BCUT2D eigenvalue weighted by molar-refractivity contribution is -1.02. The Hall–Kier alpha value is -1.78. The first kappa shape index (κ1) is 13.2. The van der Waals surface area contributed by atoms with Crippen LogP contribution in [0.15, 0.2) is 49.1 Å². The summed E-state index contributed by atoms with van der Waals surface area (Å²) < 4.78 is 0. The number of aromatic nitrogens is 2. The Morgan fingerprint density at radius 2 is 1.40 bits per heavy atom. The Morgan fingerprint density at radius 3 is 2.00 bits per heavy atom. The topological polar surface area (TPSA) is 34.7 Å². The van der Waals surface area contributed by atoms with Crippen molar-refractivity contribution >= 4 is 0 Å². The van der Waals surface area contributed by atoms with Crippen LogP contribution in [0, 0.1) is 0 Å². The zero-order valence-electron chi connectivity index (χ0n) is 11.8. The maximum Gasteiger partial charge on any atom is 0.127 e. The molecule has 0 saturated carbocycles. The lowest BCUT2D eigenvalue weighted by atomic mass is 10.2. The van der Waals surface area contributed by atoms with Gasteiger partial charge in [0.25, 0.3) is 0 Å². The standard InChI is InChI=1S/C16H20N4/c1-2-16(12-18-5-1)14-20-10-8-19(9-11-20)13-15-3-6-17-7-4-15/h1-7,12H,8-11,13-14H2/p+2. The quantitative estimate of drug-likeness (QED) is 0.744. The van der Waals surface area contributed by atoms with Gasteiger partial charge in [-0.25, -0.2) is 0 Å². The maximum atomic E-state index is 4.20. The molecule has 2 aromatic heterocycles. The van der Waals surface area contributed by atoms with Crippen molar-refractivity contribution in [2.45, 2.75) is 13.1 Å². The van der Waals surface area contributed by atoms with Gasteiger partial charge < -0.3 is 9.80 Å². The molecule has 3 heterocycles. The number of hydrogen-bond acceptors (Lipinski definition) is 2. The summed E-state index contributed by atoms with van der Waals surface area (Å²) in [5.41, 5.74) is 2.74. The normalized spacial score (nSPS) is 22.6. The molecule has 104 valence electrons. The summed E-state index contributed by atoms with van der Waals surface area (Å²) in [7, 11) is 0. The van der Waals surface area contributed by atoms with Crippen LogP contribution >= 0.6 is 0 Å². The highest BCUT2D eigenvalue weighted by atomic mass is 15.3. The van der Waals surface area contributed by atoms with Crippen molar-refractivity contribution in [3.05, 3.63) is 60.2 Å². The van der Waals surface area contributed by atoms with Crippen LogP contribution < -0.4 is 9.80 Å². The van der Waals surface area contributed by atoms with E-state index in [0.29, 0.717) is 0 Å². The van der Waals surface area contributed by atoms with E-state index in [9.17, 15) is 0 Å². The van der Waals surface area contributed by atoms with Gasteiger partial charge in [0, 0.05) is 35.9 Å². The molecule has 1 aliphatic heterocycles. The van der Waals surface area contributed by atoms with E-state index in [1.165, 1.54) is 37.3 Å². The highest BCUT2D eigenvalue weighted by Gasteiger charge is 2.22. The van der Waals surface area contributed by atoms with E-state index >= 15 is 0 Å². The molecule has 0 spiro atoms. The third-order valence-electron chi connectivity index (χ3n) is 4.04. The molecule has 0 bridgehead atoms. The molecule has 4 nitrogen and oxygen atoms in total. The van der Waals surface area contributed by atoms with E-state index in [4.69, 9.17) is 0 Å². The van der Waals surface area contributed by atoms with Crippen LogP contribution in [0.3, 0.4) is 0 Å². The van der Waals surface area contributed by atoms with Crippen molar-refractivity contribution in [1.82, 2.24) is 9.97 Å². The largest absolute Gasteiger partial charge is 0.322 e. The molecule has 0 atom stereocenters. The number of pyridine rings is 2. The van der Waals surface area contributed by atoms with Crippen LogP contribution in [0.5, 0.6) is 0 Å². The molecule has 1 fully saturated rings. The second-order valence-corrected chi connectivity index (χ2v) is 5.57. The molecular formula is C16H22N4+2. The number of quaternary nitrogens is 2. The lowest BCUT2D eigenvalue weighted by Gasteiger charge is -2.29. The number of nitrogens with zero attached hydrogens (tertiary/aromatic N) is 2. The summed E-state index contributed by atoms with van der Waals surface area (Å²) in [5.74, 6) is 0. The zero-order chi connectivity index (χ0) is 13.6. The molecule has 0 radical (unpaired) electrons. The molecule has 4 heteroatoms. The van der Waals surface area contributed by atoms with Crippen LogP contribution in [-0.2, 0) is 13.1 Å². The molecular weight excluding hydrogens is 248 g/mol. The minimum absolute atomic E-state index is 1.11. The molecule has 20 heavy (non-hydrogen) atoms. The van der Waals surface area contributed by atoms with Crippen molar-refractivity contribution < 1.29 is 9.80 Å². The van der Waals surface area contributed by atoms with Crippen LogP contribution in [0.1, 0.15) is 11.1 Å². The van der Waals surface area contributed by atoms with E-state index in [0.717, 1.165) is 13.1 Å². The monoisotopic (exact) mass is 270 g/mol. The van der Waals surface area contributed by atoms with Gasteiger partial charge in [0.1, 0.15) is 39.3 Å². The molecule has 2 aromatic rings. The summed E-state index contributed by atoms with van der Waals surface area (Å²) in [6, 6.07) is 8.46. The summed E-state index contributed by atoms with van der Waals surface area (Å²) >= 11 is 0. The molecule has 0 unspecified atom stereocenters. The van der Waals surface area contributed by atoms with Crippen LogP contribution in [-0.4, -0.2) is 36.1 Å². The van der Waals surface area contributed by atoms with Gasteiger partial charge in [-0.15, -0.1) is 0 Å². The fourth-order valence-electron chi connectivity index (χ4n) is 2.89. The van der Waals surface area contributed by atoms with Gasteiger partial charge in [-0.3, -0.25) is 9.97 Å². The van der Waals surface area contributed by atoms with Crippen molar-refractivity contribution in [3.63, 3.8) is 0 Å². The Morgan fingerprint density at radius 1 is 0.750 bits per heavy atom. The van der Waals surface area contributed by atoms with Crippen LogP contribution in [0.2, 0.25) is 0 Å². The molecule has 0 aliphatic carbocycles. The van der Waals surface area contributed by atoms with E-state index in [1.807, 2.05) is 30.9 Å². The van der Waals surface area contributed by atoms with Gasteiger partial charge in [0.05, 0.1) is 0 Å². The van der Waals surface area contributed by atoms with Crippen LogP contribution in [0.25, 0.3) is 0 Å². The van der Waals surface area contributed by atoms with Crippen molar-refractivity contribution in [1.29, 1.82) is 0 Å². The second kappa shape index (κ2) is 6.59. The first-order valence-corrected chi connectivity index (χ1v) is 7.35. The SMILES string of the molecule is c1cncc(C[NH+]2CC[NH+](Cc3ccncc3)CC2)c1. The van der Waals surface area contributed by atoms with Crippen molar-refractivity contribution in [3.8, 4) is 0 Å². The average molecular weight is 270 g/mol. The Bertz CT molecular complexity index is 457. The zero-order valence-corrected chi connectivity index (χ0v) is 11.8. The highest BCUT2D eigenvalue weighted by molar-refractivity contribution is 5.07. The smallest absolute Gasteiger partial charge is 0.127 e. The third kappa shape index (κ3) is 3.62. The number of piperazine rings is 1. The van der Waals surface area contributed by atoms with Gasteiger partial charge >= 0.3 is 0 Å². The van der Waals surface area contributed by atoms with E-state index in [-0.39, 0.29) is 0 Å². The maximum absolute atomic E-state index is 4.20. The molecule has 1 saturated heterocycles. The summed E-state index contributed by atoms with van der Waals surface area (Å²) in [4.78, 5) is 11.6. The van der Waals surface area contributed by atoms with E-state index in [1.54, 1.807) is 9.80 Å². The van der Waals surface area contributed by atoms with Gasteiger partial charge in [-0.05, 0) is 18.2 Å². The van der Waals surface area contributed by atoms with E-state index < -0.39 is 0 Å². The first-order chi connectivity index (χ1) is 9.90. The highest BCUT2D eigenvalue weighted by Crippen LogP contribution is 1.93. The number of rotatable bonds is 4. The summed E-state index contributed by atoms with van der Waals surface area (Å²) in [5, 5.41) is 0. The Balaban J connectivity index is 1.47. The fourth-order valence-corrected chi connectivity index (χ4v) is 2.89. The second-order valence-electron chi connectivity index (χ2n) is 5.57. The van der Waals surface area contributed by atoms with E-state index in [2.05, 4.69) is 28.2 Å². The molecule has 0 amide bonds. The lowest BCUT2D eigenvalue weighted by Crippen LogP contribution is -3.27. The summed E-state index contributed by atoms with van der Waals surface area (Å²) in [6.45, 7) is 7.22. The minimum Gasteiger partial charge on any atom is -0.322 e. The molecule has 0 aromatic carbocycles. The van der Waals surface area contributed by atoms with Gasteiger partial charge in [-0.2, -0.15) is 0 Å². The molecule has 2 N–H and O–H groups in total. The Kier molecular flexibility index (Phi) is 4.35.